The first kappa shape index (κ1) is 15.7. The smallest absolute Gasteiger partial charge is 0.239 e. The standard InChI is InChI=1S/C13H25N3O.ClH/c1-11(14)13(17)16-8-4-12(5-9-16)10-15-6-2-3-7-15;/h11-12H,2-10,14H2,1H3;1H. The zero-order valence-electron chi connectivity index (χ0n) is 11.3. The molecule has 0 spiro atoms. The molecular weight excluding hydrogens is 250 g/mol. The number of amides is 1. The van der Waals surface area contributed by atoms with Crippen LogP contribution in [0.15, 0.2) is 0 Å². The number of nitrogens with zero attached hydrogens (tertiary/aromatic N) is 2. The number of carbonyl (C=O) groups is 1. The van der Waals surface area contributed by atoms with Crippen LogP contribution in [0.1, 0.15) is 32.6 Å². The summed E-state index contributed by atoms with van der Waals surface area (Å²) in [7, 11) is 0. The number of rotatable bonds is 3. The van der Waals surface area contributed by atoms with Crippen LogP contribution >= 0.6 is 12.4 Å². The lowest BCUT2D eigenvalue weighted by atomic mass is 9.96. The zero-order chi connectivity index (χ0) is 12.3. The van der Waals surface area contributed by atoms with E-state index in [0.717, 1.165) is 31.8 Å². The number of hydrogen-bond acceptors (Lipinski definition) is 3. The summed E-state index contributed by atoms with van der Waals surface area (Å²) < 4.78 is 0. The molecule has 2 rings (SSSR count). The van der Waals surface area contributed by atoms with E-state index >= 15 is 0 Å². The third-order valence-electron chi connectivity index (χ3n) is 4.03. The molecule has 18 heavy (non-hydrogen) atoms. The molecule has 2 heterocycles. The van der Waals surface area contributed by atoms with Crippen molar-refractivity contribution < 1.29 is 4.79 Å². The van der Waals surface area contributed by atoms with Crippen molar-refractivity contribution in [3.8, 4) is 0 Å². The Balaban J connectivity index is 0.00000162. The minimum Gasteiger partial charge on any atom is -0.341 e. The first-order valence-electron chi connectivity index (χ1n) is 6.93. The van der Waals surface area contributed by atoms with Crippen molar-refractivity contribution >= 4 is 18.3 Å². The molecular formula is C13H26ClN3O. The lowest BCUT2D eigenvalue weighted by Crippen LogP contribution is -2.47. The highest BCUT2D eigenvalue weighted by atomic mass is 35.5. The Morgan fingerprint density at radius 3 is 2.28 bits per heavy atom. The molecule has 0 radical (unpaired) electrons. The molecule has 1 atom stereocenters. The van der Waals surface area contributed by atoms with Crippen LogP contribution in [-0.2, 0) is 4.79 Å². The van der Waals surface area contributed by atoms with Gasteiger partial charge in [0.25, 0.3) is 0 Å². The summed E-state index contributed by atoms with van der Waals surface area (Å²) in [5.74, 6) is 0.898. The Morgan fingerprint density at radius 1 is 1.22 bits per heavy atom. The van der Waals surface area contributed by atoms with Gasteiger partial charge < -0.3 is 15.5 Å². The molecule has 4 nitrogen and oxygen atoms in total. The van der Waals surface area contributed by atoms with E-state index in [0.29, 0.717) is 0 Å². The number of halogens is 1. The van der Waals surface area contributed by atoms with Gasteiger partial charge in [-0.2, -0.15) is 0 Å². The highest BCUT2D eigenvalue weighted by Crippen LogP contribution is 2.20. The Kier molecular flexibility index (Phi) is 6.39. The third-order valence-corrected chi connectivity index (χ3v) is 4.03. The summed E-state index contributed by atoms with van der Waals surface area (Å²) in [6, 6.07) is -0.342. The van der Waals surface area contributed by atoms with Gasteiger partial charge in [-0.05, 0) is 51.6 Å². The predicted octanol–water partition coefficient (Wildman–Crippen LogP) is 1.09. The fourth-order valence-electron chi connectivity index (χ4n) is 2.95. The maximum Gasteiger partial charge on any atom is 0.239 e. The number of piperidine rings is 1. The van der Waals surface area contributed by atoms with E-state index in [-0.39, 0.29) is 24.4 Å². The zero-order valence-corrected chi connectivity index (χ0v) is 12.1. The van der Waals surface area contributed by atoms with Crippen LogP contribution in [0.3, 0.4) is 0 Å². The number of carbonyl (C=O) groups excluding carboxylic acids is 1. The highest BCUT2D eigenvalue weighted by molar-refractivity contribution is 5.85. The molecule has 0 saturated carbocycles. The van der Waals surface area contributed by atoms with Gasteiger partial charge in [0.1, 0.15) is 0 Å². The van der Waals surface area contributed by atoms with Gasteiger partial charge in [0, 0.05) is 19.6 Å². The maximum atomic E-state index is 11.7. The van der Waals surface area contributed by atoms with E-state index in [9.17, 15) is 4.79 Å². The molecule has 2 saturated heterocycles. The summed E-state index contributed by atoms with van der Waals surface area (Å²) in [6.07, 6.45) is 5.02. The fraction of sp³-hybridized carbons (Fsp3) is 0.923. The summed E-state index contributed by atoms with van der Waals surface area (Å²) in [5, 5.41) is 0. The van der Waals surface area contributed by atoms with Crippen molar-refractivity contribution in [3.63, 3.8) is 0 Å². The first-order valence-corrected chi connectivity index (χ1v) is 6.93. The van der Waals surface area contributed by atoms with Crippen LogP contribution in [0.2, 0.25) is 0 Å². The van der Waals surface area contributed by atoms with Gasteiger partial charge in [0.05, 0.1) is 6.04 Å². The summed E-state index contributed by atoms with van der Waals surface area (Å²) in [5.41, 5.74) is 5.63. The SMILES string of the molecule is CC(N)C(=O)N1CCC(CN2CCCC2)CC1.Cl. The molecule has 0 aliphatic carbocycles. The normalized spacial score (nSPS) is 23.8. The molecule has 5 heteroatoms. The quantitative estimate of drug-likeness (QED) is 0.839. The monoisotopic (exact) mass is 275 g/mol. The first-order chi connectivity index (χ1) is 8.16. The van der Waals surface area contributed by atoms with Crippen molar-refractivity contribution in [2.75, 3.05) is 32.7 Å². The number of hydrogen-bond donors (Lipinski definition) is 1. The fourth-order valence-corrected chi connectivity index (χ4v) is 2.95. The largest absolute Gasteiger partial charge is 0.341 e. The third kappa shape index (κ3) is 4.11. The van der Waals surface area contributed by atoms with Crippen LogP contribution in [0.5, 0.6) is 0 Å². The van der Waals surface area contributed by atoms with Gasteiger partial charge in [-0.3, -0.25) is 4.79 Å². The number of likely N-dealkylation sites (tertiary alicyclic amines) is 2. The van der Waals surface area contributed by atoms with E-state index in [1.165, 1.54) is 32.5 Å². The average Bonchev–Trinajstić information content (AvgIpc) is 2.82. The molecule has 0 aromatic heterocycles. The van der Waals surface area contributed by atoms with E-state index < -0.39 is 0 Å². The van der Waals surface area contributed by atoms with Crippen molar-refractivity contribution in [3.05, 3.63) is 0 Å². The highest BCUT2D eigenvalue weighted by Gasteiger charge is 2.26. The van der Waals surface area contributed by atoms with E-state index in [1.54, 1.807) is 6.92 Å². The van der Waals surface area contributed by atoms with Crippen LogP contribution in [-0.4, -0.2) is 54.5 Å². The van der Waals surface area contributed by atoms with Crippen molar-refractivity contribution in [2.24, 2.45) is 11.7 Å². The molecule has 1 amide bonds. The lowest BCUT2D eigenvalue weighted by Gasteiger charge is -2.34. The summed E-state index contributed by atoms with van der Waals surface area (Å²) in [4.78, 5) is 16.3. The van der Waals surface area contributed by atoms with E-state index in [2.05, 4.69) is 4.90 Å². The molecule has 106 valence electrons. The second kappa shape index (κ2) is 7.31. The molecule has 2 aliphatic rings. The summed E-state index contributed by atoms with van der Waals surface area (Å²) >= 11 is 0. The Labute approximate surface area is 116 Å². The van der Waals surface area contributed by atoms with Crippen molar-refractivity contribution in [2.45, 2.75) is 38.6 Å². The van der Waals surface area contributed by atoms with Crippen molar-refractivity contribution in [1.29, 1.82) is 0 Å². The maximum absolute atomic E-state index is 11.7. The minimum absolute atomic E-state index is 0. The lowest BCUT2D eigenvalue weighted by molar-refractivity contribution is -0.133. The molecule has 2 N–H and O–H groups in total. The Morgan fingerprint density at radius 2 is 1.78 bits per heavy atom. The minimum atomic E-state index is -0.342. The second-order valence-electron chi connectivity index (χ2n) is 5.57. The van der Waals surface area contributed by atoms with Crippen molar-refractivity contribution in [1.82, 2.24) is 9.80 Å². The Bertz CT molecular complexity index is 259. The van der Waals surface area contributed by atoms with E-state index in [4.69, 9.17) is 5.73 Å². The average molecular weight is 276 g/mol. The van der Waals surface area contributed by atoms with Crippen LogP contribution < -0.4 is 5.73 Å². The van der Waals surface area contributed by atoms with E-state index in [1.807, 2.05) is 4.90 Å². The summed E-state index contributed by atoms with van der Waals surface area (Å²) in [6.45, 7) is 7.37. The van der Waals surface area contributed by atoms with Gasteiger partial charge in [-0.25, -0.2) is 0 Å². The molecule has 0 aromatic rings. The number of nitrogens with two attached hydrogens (primary N) is 1. The van der Waals surface area contributed by atoms with Gasteiger partial charge in [0.15, 0.2) is 0 Å². The van der Waals surface area contributed by atoms with Crippen LogP contribution in [0.25, 0.3) is 0 Å². The van der Waals surface area contributed by atoms with Gasteiger partial charge in [-0.15, -0.1) is 12.4 Å². The molecule has 2 aliphatic heterocycles. The van der Waals surface area contributed by atoms with Gasteiger partial charge >= 0.3 is 0 Å². The molecule has 1 unspecified atom stereocenters. The second-order valence-corrected chi connectivity index (χ2v) is 5.57. The van der Waals surface area contributed by atoms with Crippen LogP contribution in [0, 0.1) is 5.92 Å². The van der Waals surface area contributed by atoms with Crippen LogP contribution in [0.4, 0.5) is 0 Å². The molecule has 0 bridgehead atoms. The van der Waals surface area contributed by atoms with Gasteiger partial charge in [0.2, 0.25) is 5.91 Å². The molecule has 0 aromatic carbocycles. The Hall–Kier alpha value is -0.320. The topological polar surface area (TPSA) is 49.6 Å². The molecule has 2 fully saturated rings. The van der Waals surface area contributed by atoms with Gasteiger partial charge in [-0.1, -0.05) is 0 Å². The predicted molar refractivity (Wildman–Crippen MR) is 75.9 cm³/mol.